The molecule has 0 amide bonds. The number of hydrogen-bond donors (Lipinski definition) is 1. The van der Waals surface area contributed by atoms with Crippen LogP contribution in [0.5, 0.6) is 0 Å². The molecule has 2 nitrogen and oxygen atoms in total. The lowest BCUT2D eigenvalue weighted by atomic mass is 9.86. The predicted molar refractivity (Wildman–Crippen MR) is 53.6 cm³/mol. The molecule has 2 aliphatic rings. The Bertz CT molecular complexity index is 160. The standard InChI is InChI=1S/C11H21NO/c13-8-6-10-4-5-11-3-1-2-7-12(11)9-10/h10-11,13H,1-9H2/t10-,11-/m1/s1. The zero-order valence-corrected chi connectivity index (χ0v) is 8.41. The summed E-state index contributed by atoms with van der Waals surface area (Å²) in [7, 11) is 0. The fraction of sp³-hybridized carbons (Fsp3) is 1.00. The minimum Gasteiger partial charge on any atom is -0.396 e. The number of aliphatic hydroxyl groups excluding tert-OH is 1. The van der Waals surface area contributed by atoms with Gasteiger partial charge in [-0.3, -0.25) is 0 Å². The Morgan fingerprint density at radius 1 is 1.15 bits per heavy atom. The summed E-state index contributed by atoms with van der Waals surface area (Å²) in [6.45, 7) is 2.95. The van der Waals surface area contributed by atoms with Gasteiger partial charge in [0.15, 0.2) is 0 Å². The fourth-order valence-electron chi connectivity index (χ4n) is 2.90. The third-order valence-electron chi connectivity index (χ3n) is 3.69. The average Bonchev–Trinajstić information content (AvgIpc) is 2.18. The molecular weight excluding hydrogens is 162 g/mol. The first-order valence-corrected chi connectivity index (χ1v) is 5.75. The quantitative estimate of drug-likeness (QED) is 0.703. The number of rotatable bonds is 2. The van der Waals surface area contributed by atoms with E-state index in [4.69, 9.17) is 5.11 Å². The van der Waals surface area contributed by atoms with E-state index in [0.29, 0.717) is 6.61 Å². The van der Waals surface area contributed by atoms with Crippen molar-refractivity contribution in [3.63, 3.8) is 0 Å². The Kier molecular flexibility index (Phi) is 3.23. The van der Waals surface area contributed by atoms with Crippen molar-refractivity contribution in [1.29, 1.82) is 0 Å². The van der Waals surface area contributed by atoms with E-state index in [1.165, 1.54) is 45.2 Å². The van der Waals surface area contributed by atoms with E-state index in [0.717, 1.165) is 18.4 Å². The maximum atomic E-state index is 8.90. The second-order valence-corrected chi connectivity index (χ2v) is 4.60. The van der Waals surface area contributed by atoms with Crippen molar-refractivity contribution in [2.24, 2.45) is 5.92 Å². The summed E-state index contributed by atoms with van der Waals surface area (Å²) in [5.74, 6) is 0.777. The van der Waals surface area contributed by atoms with E-state index in [-0.39, 0.29) is 0 Å². The first-order chi connectivity index (χ1) is 6.40. The molecule has 2 heteroatoms. The molecule has 1 N–H and O–H groups in total. The van der Waals surface area contributed by atoms with Crippen LogP contribution in [-0.4, -0.2) is 35.7 Å². The van der Waals surface area contributed by atoms with Gasteiger partial charge in [0.25, 0.3) is 0 Å². The van der Waals surface area contributed by atoms with E-state index in [9.17, 15) is 0 Å². The van der Waals surface area contributed by atoms with Gasteiger partial charge in [-0.05, 0) is 44.6 Å². The first kappa shape index (κ1) is 9.47. The van der Waals surface area contributed by atoms with Crippen molar-refractivity contribution < 1.29 is 5.11 Å². The van der Waals surface area contributed by atoms with Crippen LogP contribution in [0.25, 0.3) is 0 Å². The second-order valence-electron chi connectivity index (χ2n) is 4.60. The predicted octanol–water partition coefficient (Wildman–Crippen LogP) is 1.63. The Labute approximate surface area is 80.9 Å². The molecular formula is C11H21NO. The van der Waals surface area contributed by atoms with Crippen LogP contribution in [0, 0.1) is 5.92 Å². The van der Waals surface area contributed by atoms with E-state index < -0.39 is 0 Å². The topological polar surface area (TPSA) is 23.5 Å². The summed E-state index contributed by atoms with van der Waals surface area (Å²) in [6, 6.07) is 0.892. The maximum absolute atomic E-state index is 8.90. The molecule has 76 valence electrons. The van der Waals surface area contributed by atoms with Crippen molar-refractivity contribution in [3.05, 3.63) is 0 Å². The molecule has 2 rings (SSSR count). The van der Waals surface area contributed by atoms with Gasteiger partial charge >= 0.3 is 0 Å². The van der Waals surface area contributed by atoms with Gasteiger partial charge in [-0.15, -0.1) is 0 Å². The lowest BCUT2D eigenvalue weighted by Gasteiger charge is -2.42. The number of nitrogens with zero attached hydrogens (tertiary/aromatic N) is 1. The molecule has 2 atom stereocenters. The summed E-state index contributed by atoms with van der Waals surface area (Å²) in [6.07, 6.45) is 8.00. The lowest BCUT2D eigenvalue weighted by Crippen LogP contribution is -2.46. The third-order valence-corrected chi connectivity index (χ3v) is 3.69. The van der Waals surface area contributed by atoms with Crippen LogP contribution in [0.1, 0.15) is 38.5 Å². The van der Waals surface area contributed by atoms with Crippen LogP contribution in [0.15, 0.2) is 0 Å². The number of piperidine rings is 2. The summed E-state index contributed by atoms with van der Waals surface area (Å²) in [5, 5.41) is 8.90. The molecule has 0 saturated carbocycles. The van der Waals surface area contributed by atoms with Crippen LogP contribution in [0.2, 0.25) is 0 Å². The van der Waals surface area contributed by atoms with E-state index in [1.807, 2.05) is 0 Å². The molecule has 0 unspecified atom stereocenters. The molecule has 0 aromatic carbocycles. The summed E-state index contributed by atoms with van der Waals surface area (Å²) < 4.78 is 0. The van der Waals surface area contributed by atoms with Crippen molar-refractivity contribution in [2.45, 2.75) is 44.6 Å². The third kappa shape index (κ3) is 2.23. The Morgan fingerprint density at radius 3 is 2.92 bits per heavy atom. The summed E-state index contributed by atoms with van der Waals surface area (Å²) >= 11 is 0. The smallest absolute Gasteiger partial charge is 0.0434 e. The van der Waals surface area contributed by atoms with Crippen LogP contribution in [0.4, 0.5) is 0 Å². The lowest BCUT2D eigenvalue weighted by molar-refractivity contribution is 0.0656. The van der Waals surface area contributed by atoms with Gasteiger partial charge in [-0.2, -0.15) is 0 Å². The van der Waals surface area contributed by atoms with E-state index in [2.05, 4.69) is 4.90 Å². The highest BCUT2D eigenvalue weighted by Gasteiger charge is 2.29. The molecule has 0 aromatic rings. The zero-order valence-electron chi connectivity index (χ0n) is 8.41. The molecule has 2 aliphatic heterocycles. The normalized spacial score (nSPS) is 35.8. The van der Waals surface area contributed by atoms with Gasteiger partial charge < -0.3 is 10.0 Å². The summed E-state index contributed by atoms with van der Waals surface area (Å²) in [5.41, 5.74) is 0. The van der Waals surface area contributed by atoms with Crippen LogP contribution < -0.4 is 0 Å². The van der Waals surface area contributed by atoms with Gasteiger partial charge in [0.1, 0.15) is 0 Å². The van der Waals surface area contributed by atoms with Crippen LogP contribution in [0.3, 0.4) is 0 Å². The second kappa shape index (κ2) is 4.43. The van der Waals surface area contributed by atoms with Gasteiger partial charge in [-0.25, -0.2) is 0 Å². The molecule has 2 heterocycles. The molecule has 0 aliphatic carbocycles. The van der Waals surface area contributed by atoms with Crippen molar-refractivity contribution in [2.75, 3.05) is 19.7 Å². The van der Waals surface area contributed by atoms with Crippen LogP contribution >= 0.6 is 0 Å². The largest absolute Gasteiger partial charge is 0.396 e. The van der Waals surface area contributed by atoms with Gasteiger partial charge in [0, 0.05) is 19.2 Å². The fourth-order valence-corrected chi connectivity index (χ4v) is 2.90. The van der Waals surface area contributed by atoms with Gasteiger partial charge in [0.05, 0.1) is 0 Å². The van der Waals surface area contributed by atoms with Crippen molar-refractivity contribution in [1.82, 2.24) is 4.90 Å². The van der Waals surface area contributed by atoms with E-state index >= 15 is 0 Å². The Morgan fingerprint density at radius 2 is 2.08 bits per heavy atom. The molecule has 0 aromatic heterocycles. The summed E-state index contributed by atoms with van der Waals surface area (Å²) in [4.78, 5) is 2.66. The molecule has 0 bridgehead atoms. The SMILES string of the molecule is OCC[C@H]1CC[C@H]2CCCCN2C1. The van der Waals surface area contributed by atoms with E-state index in [1.54, 1.807) is 0 Å². The highest BCUT2D eigenvalue weighted by Crippen LogP contribution is 2.29. The number of aliphatic hydroxyl groups is 1. The highest BCUT2D eigenvalue weighted by molar-refractivity contribution is 4.84. The molecule has 2 fully saturated rings. The molecule has 0 radical (unpaired) electrons. The van der Waals surface area contributed by atoms with Crippen LogP contribution in [-0.2, 0) is 0 Å². The van der Waals surface area contributed by atoms with Gasteiger partial charge in [-0.1, -0.05) is 6.42 Å². The van der Waals surface area contributed by atoms with Crippen molar-refractivity contribution >= 4 is 0 Å². The number of hydrogen-bond acceptors (Lipinski definition) is 2. The minimum atomic E-state index is 0.378. The first-order valence-electron chi connectivity index (χ1n) is 5.75. The minimum absolute atomic E-state index is 0.378. The highest BCUT2D eigenvalue weighted by atomic mass is 16.3. The zero-order chi connectivity index (χ0) is 9.10. The average molecular weight is 183 g/mol. The van der Waals surface area contributed by atoms with Gasteiger partial charge in [0.2, 0.25) is 0 Å². The molecule has 0 spiro atoms. The molecule has 13 heavy (non-hydrogen) atoms. The molecule has 2 saturated heterocycles. The maximum Gasteiger partial charge on any atom is 0.0434 e. The monoisotopic (exact) mass is 183 g/mol. The van der Waals surface area contributed by atoms with Crippen molar-refractivity contribution in [3.8, 4) is 0 Å². The Balaban J connectivity index is 1.84. The Hall–Kier alpha value is -0.0800. The number of fused-ring (bicyclic) bond motifs is 1.